The Morgan fingerprint density at radius 2 is 2.36 bits per heavy atom. The van der Waals surface area contributed by atoms with Crippen molar-refractivity contribution in [2.45, 2.75) is 30.4 Å². The molecule has 1 saturated heterocycles. The van der Waals surface area contributed by atoms with Crippen LogP contribution in [-0.2, 0) is 14.3 Å². The van der Waals surface area contributed by atoms with Gasteiger partial charge in [0.15, 0.2) is 6.10 Å². The Hall–Kier alpha value is -0.0900. The third-order valence-electron chi connectivity index (χ3n) is 1.67. The first-order valence-electron chi connectivity index (χ1n) is 3.61. The number of hydrogen-bond donors (Lipinski definition) is 0. The largest absolute Gasteiger partial charge is 0.467 e. The smallest absolute Gasteiger partial charge is 0.335 e. The summed E-state index contributed by atoms with van der Waals surface area (Å²) >= 11 is 3.30. The molecule has 1 unspecified atom stereocenters. The highest BCUT2D eigenvalue weighted by atomic mass is 79.9. The number of halogens is 1. The molecule has 0 saturated carbocycles. The van der Waals surface area contributed by atoms with Crippen molar-refractivity contribution >= 4 is 21.9 Å². The van der Waals surface area contributed by atoms with E-state index < -0.39 is 0 Å². The van der Waals surface area contributed by atoms with Crippen LogP contribution in [0.2, 0.25) is 0 Å². The minimum absolute atomic E-state index is 0.0142. The molecule has 11 heavy (non-hydrogen) atoms. The second-order valence-corrected chi connectivity index (χ2v) is 3.51. The van der Waals surface area contributed by atoms with E-state index in [1.54, 1.807) is 0 Å². The third kappa shape index (κ3) is 2.45. The van der Waals surface area contributed by atoms with Crippen LogP contribution < -0.4 is 0 Å². The second kappa shape index (κ2) is 4.07. The molecule has 0 amide bonds. The zero-order chi connectivity index (χ0) is 8.27. The Labute approximate surface area is 74.2 Å². The SMILES string of the molecule is COC(=O)[C@@H]1CCCC(Br)O1. The van der Waals surface area contributed by atoms with E-state index in [1.807, 2.05) is 0 Å². The number of rotatable bonds is 1. The van der Waals surface area contributed by atoms with Gasteiger partial charge >= 0.3 is 5.97 Å². The quantitative estimate of drug-likeness (QED) is 0.498. The lowest BCUT2D eigenvalue weighted by molar-refractivity contribution is -0.158. The first-order chi connectivity index (χ1) is 5.24. The third-order valence-corrected chi connectivity index (χ3v) is 2.35. The zero-order valence-corrected chi connectivity index (χ0v) is 7.96. The van der Waals surface area contributed by atoms with Crippen molar-refractivity contribution in [3.63, 3.8) is 0 Å². The van der Waals surface area contributed by atoms with Crippen molar-refractivity contribution in [3.8, 4) is 0 Å². The summed E-state index contributed by atoms with van der Waals surface area (Å²) in [4.78, 5) is 10.9. The van der Waals surface area contributed by atoms with Gasteiger partial charge in [0.25, 0.3) is 0 Å². The molecule has 0 aromatic carbocycles. The van der Waals surface area contributed by atoms with Crippen LogP contribution in [0.15, 0.2) is 0 Å². The lowest BCUT2D eigenvalue weighted by atomic mass is 10.1. The van der Waals surface area contributed by atoms with Crippen LogP contribution in [0.4, 0.5) is 0 Å². The minimum atomic E-state index is -0.363. The Morgan fingerprint density at radius 3 is 2.91 bits per heavy atom. The summed E-state index contributed by atoms with van der Waals surface area (Å²) in [6.07, 6.45) is 2.39. The van der Waals surface area contributed by atoms with Crippen molar-refractivity contribution in [2.24, 2.45) is 0 Å². The van der Waals surface area contributed by atoms with Crippen LogP contribution in [0.5, 0.6) is 0 Å². The first-order valence-corrected chi connectivity index (χ1v) is 4.53. The molecule has 2 atom stereocenters. The molecule has 0 spiro atoms. The number of esters is 1. The van der Waals surface area contributed by atoms with E-state index in [0.29, 0.717) is 0 Å². The summed E-state index contributed by atoms with van der Waals surface area (Å²) < 4.78 is 9.83. The van der Waals surface area contributed by atoms with Gasteiger partial charge in [-0.3, -0.25) is 0 Å². The van der Waals surface area contributed by atoms with Crippen molar-refractivity contribution in [1.29, 1.82) is 0 Å². The second-order valence-electron chi connectivity index (χ2n) is 2.49. The standard InChI is InChI=1S/C7H11BrO3/c1-10-7(9)5-3-2-4-6(8)11-5/h5-6H,2-4H2,1H3/t5-,6?/m0/s1. The summed E-state index contributed by atoms with van der Waals surface area (Å²) in [5.74, 6) is -0.269. The molecule has 1 fully saturated rings. The fourth-order valence-electron chi connectivity index (χ4n) is 1.08. The van der Waals surface area contributed by atoms with Gasteiger partial charge in [0.1, 0.15) is 5.01 Å². The average molecular weight is 223 g/mol. The normalized spacial score (nSPS) is 31.5. The van der Waals surface area contributed by atoms with Crippen LogP contribution >= 0.6 is 15.9 Å². The first kappa shape index (κ1) is 9.00. The van der Waals surface area contributed by atoms with Gasteiger partial charge in [0.05, 0.1) is 7.11 Å². The molecule has 4 heteroatoms. The number of ether oxygens (including phenoxy) is 2. The molecule has 1 aliphatic heterocycles. The number of carbonyl (C=O) groups is 1. The molecule has 1 aliphatic rings. The van der Waals surface area contributed by atoms with Gasteiger partial charge in [-0.15, -0.1) is 0 Å². The molecule has 0 aliphatic carbocycles. The highest BCUT2D eigenvalue weighted by Gasteiger charge is 2.26. The van der Waals surface area contributed by atoms with Crippen molar-refractivity contribution in [3.05, 3.63) is 0 Å². The molecule has 3 nitrogen and oxygen atoms in total. The molecule has 0 aromatic heterocycles. The van der Waals surface area contributed by atoms with Gasteiger partial charge in [-0.2, -0.15) is 0 Å². The summed E-state index contributed by atoms with van der Waals surface area (Å²) in [7, 11) is 1.38. The number of methoxy groups -OCH3 is 1. The van der Waals surface area contributed by atoms with Gasteiger partial charge in [-0.25, -0.2) is 4.79 Å². The van der Waals surface area contributed by atoms with Crippen LogP contribution in [0.1, 0.15) is 19.3 Å². The summed E-state index contributed by atoms with van der Waals surface area (Å²) in [6.45, 7) is 0. The molecule has 0 radical (unpaired) electrons. The fraction of sp³-hybridized carbons (Fsp3) is 0.857. The summed E-state index contributed by atoms with van der Waals surface area (Å²) in [5.41, 5.74) is 0. The van der Waals surface area contributed by atoms with Crippen molar-refractivity contribution in [1.82, 2.24) is 0 Å². The molecular formula is C7H11BrO3. The predicted molar refractivity (Wildman–Crippen MR) is 43.5 cm³/mol. The van der Waals surface area contributed by atoms with Gasteiger partial charge < -0.3 is 9.47 Å². The number of hydrogen-bond acceptors (Lipinski definition) is 3. The molecule has 0 aromatic rings. The monoisotopic (exact) mass is 222 g/mol. The van der Waals surface area contributed by atoms with Crippen molar-refractivity contribution < 1.29 is 14.3 Å². The van der Waals surface area contributed by atoms with Crippen molar-refractivity contribution in [2.75, 3.05) is 7.11 Å². The Bertz CT molecular complexity index is 149. The molecule has 64 valence electrons. The van der Waals surface area contributed by atoms with E-state index in [1.165, 1.54) is 7.11 Å². The van der Waals surface area contributed by atoms with E-state index in [2.05, 4.69) is 20.7 Å². The van der Waals surface area contributed by atoms with E-state index in [4.69, 9.17) is 4.74 Å². The van der Waals surface area contributed by atoms with E-state index in [9.17, 15) is 4.79 Å². The maximum Gasteiger partial charge on any atom is 0.335 e. The maximum atomic E-state index is 10.9. The lowest BCUT2D eigenvalue weighted by Crippen LogP contribution is -2.31. The maximum absolute atomic E-state index is 10.9. The highest BCUT2D eigenvalue weighted by Crippen LogP contribution is 2.23. The highest BCUT2D eigenvalue weighted by molar-refractivity contribution is 9.09. The molecule has 1 rings (SSSR count). The van der Waals surface area contributed by atoms with Crippen LogP contribution in [-0.4, -0.2) is 24.2 Å². The minimum Gasteiger partial charge on any atom is -0.467 e. The molecule has 0 bridgehead atoms. The van der Waals surface area contributed by atoms with Gasteiger partial charge in [-0.1, -0.05) is 15.9 Å². The van der Waals surface area contributed by atoms with E-state index in [0.717, 1.165) is 19.3 Å². The Morgan fingerprint density at radius 1 is 1.64 bits per heavy atom. The van der Waals surface area contributed by atoms with Gasteiger partial charge in [0, 0.05) is 0 Å². The predicted octanol–water partition coefficient (Wildman–Crippen LogP) is 1.45. The van der Waals surface area contributed by atoms with Gasteiger partial charge in [-0.05, 0) is 19.3 Å². The van der Waals surface area contributed by atoms with Crippen LogP contribution in [0, 0.1) is 0 Å². The summed E-state index contributed by atoms with van der Waals surface area (Å²) in [6, 6.07) is 0. The van der Waals surface area contributed by atoms with Crippen LogP contribution in [0.25, 0.3) is 0 Å². The van der Waals surface area contributed by atoms with Gasteiger partial charge in [0.2, 0.25) is 0 Å². The fourth-order valence-corrected chi connectivity index (χ4v) is 1.67. The zero-order valence-electron chi connectivity index (χ0n) is 6.38. The number of alkyl halides is 1. The molecular weight excluding hydrogens is 212 g/mol. The number of carbonyl (C=O) groups excluding carboxylic acids is 1. The summed E-state index contributed by atoms with van der Waals surface area (Å²) in [5, 5.41) is 0.0142. The molecule has 1 heterocycles. The van der Waals surface area contributed by atoms with E-state index in [-0.39, 0.29) is 17.1 Å². The lowest BCUT2D eigenvalue weighted by Gasteiger charge is -2.24. The topological polar surface area (TPSA) is 35.5 Å². The average Bonchev–Trinajstić information content (AvgIpc) is 2.03. The van der Waals surface area contributed by atoms with E-state index >= 15 is 0 Å². The Kier molecular flexibility index (Phi) is 3.33. The van der Waals surface area contributed by atoms with Crippen LogP contribution in [0.3, 0.4) is 0 Å². The Balaban J connectivity index is 2.39. The molecule has 0 N–H and O–H groups in total.